The van der Waals surface area contributed by atoms with Gasteiger partial charge in [-0.25, -0.2) is 0 Å². The van der Waals surface area contributed by atoms with Crippen LogP contribution in [0.2, 0.25) is 5.02 Å². The molecule has 0 aliphatic rings. The standard InChI is InChI=1S/C14H17ClN2/c1-10-8-12(4-2-3-7-16)17-14-9-11(15)5-6-13(10)14/h5-6,8-9H,2-4,7,16H2,1H3. The molecule has 0 unspecified atom stereocenters. The number of hydrogen-bond donors (Lipinski definition) is 1. The number of pyridine rings is 1. The van der Waals surface area contributed by atoms with E-state index in [4.69, 9.17) is 17.3 Å². The maximum Gasteiger partial charge on any atom is 0.0722 e. The van der Waals surface area contributed by atoms with Crippen molar-refractivity contribution in [1.29, 1.82) is 0 Å². The molecule has 0 bridgehead atoms. The molecule has 0 saturated carbocycles. The predicted octanol–water partition coefficient (Wildman–Crippen LogP) is 3.48. The van der Waals surface area contributed by atoms with E-state index in [9.17, 15) is 0 Å². The van der Waals surface area contributed by atoms with Gasteiger partial charge in [0, 0.05) is 16.1 Å². The van der Waals surface area contributed by atoms with Crippen molar-refractivity contribution < 1.29 is 0 Å². The molecular formula is C14H17ClN2. The van der Waals surface area contributed by atoms with Crippen molar-refractivity contribution in [2.75, 3.05) is 6.54 Å². The number of aromatic nitrogens is 1. The van der Waals surface area contributed by atoms with Crippen LogP contribution in [-0.4, -0.2) is 11.5 Å². The molecule has 2 nitrogen and oxygen atoms in total. The quantitative estimate of drug-likeness (QED) is 0.842. The van der Waals surface area contributed by atoms with Crippen LogP contribution in [0.5, 0.6) is 0 Å². The number of fused-ring (bicyclic) bond motifs is 1. The summed E-state index contributed by atoms with van der Waals surface area (Å²) in [6.45, 7) is 2.86. The van der Waals surface area contributed by atoms with Gasteiger partial charge in [0.05, 0.1) is 5.52 Å². The molecule has 0 aliphatic carbocycles. The Morgan fingerprint density at radius 3 is 2.82 bits per heavy atom. The summed E-state index contributed by atoms with van der Waals surface area (Å²) < 4.78 is 0. The summed E-state index contributed by atoms with van der Waals surface area (Å²) in [7, 11) is 0. The van der Waals surface area contributed by atoms with Gasteiger partial charge in [-0.05, 0) is 56.5 Å². The van der Waals surface area contributed by atoms with E-state index in [-0.39, 0.29) is 0 Å². The predicted molar refractivity (Wildman–Crippen MR) is 73.5 cm³/mol. The van der Waals surface area contributed by atoms with Crippen molar-refractivity contribution >= 4 is 22.5 Å². The number of rotatable bonds is 4. The van der Waals surface area contributed by atoms with Crippen LogP contribution in [0.4, 0.5) is 0 Å². The zero-order valence-corrected chi connectivity index (χ0v) is 10.8. The first-order valence-corrected chi connectivity index (χ1v) is 6.34. The molecule has 0 fully saturated rings. The number of aryl methyl sites for hydroxylation is 2. The van der Waals surface area contributed by atoms with Gasteiger partial charge in [0.25, 0.3) is 0 Å². The third-order valence-electron chi connectivity index (χ3n) is 2.92. The third-order valence-corrected chi connectivity index (χ3v) is 3.15. The molecule has 0 spiro atoms. The number of unbranched alkanes of at least 4 members (excludes halogenated alkanes) is 1. The van der Waals surface area contributed by atoms with Gasteiger partial charge in [-0.2, -0.15) is 0 Å². The molecular weight excluding hydrogens is 232 g/mol. The van der Waals surface area contributed by atoms with E-state index >= 15 is 0 Å². The van der Waals surface area contributed by atoms with E-state index < -0.39 is 0 Å². The number of nitrogens with zero attached hydrogens (tertiary/aromatic N) is 1. The maximum absolute atomic E-state index is 5.99. The van der Waals surface area contributed by atoms with Crippen LogP contribution < -0.4 is 5.73 Å². The summed E-state index contributed by atoms with van der Waals surface area (Å²) >= 11 is 5.99. The minimum Gasteiger partial charge on any atom is -0.330 e. The zero-order valence-electron chi connectivity index (χ0n) is 10.0. The van der Waals surface area contributed by atoms with Gasteiger partial charge < -0.3 is 5.73 Å². The lowest BCUT2D eigenvalue weighted by Gasteiger charge is -2.06. The summed E-state index contributed by atoms with van der Waals surface area (Å²) in [5.41, 5.74) is 8.87. The summed E-state index contributed by atoms with van der Waals surface area (Å²) in [6, 6.07) is 8.03. The summed E-state index contributed by atoms with van der Waals surface area (Å²) in [5, 5.41) is 1.92. The Balaban J connectivity index is 2.33. The second-order valence-electron chi connectivity index (χ2n) is 4.34. The average Bonchev–Trinajstić information content (AvgIpc) is 2.28. The van der Waals surface area contributed by atoms with Crippen LogP contribution in [0, 0.1) is 6.92 Å². The summed E-state index contributed by atoms with van der Waals surface area (Å²) in [4.78, 5) is 4.64. The van der Waals surface area contributed by atoms with Crippen LogP contribution in [0.1, 0.15) is 24.1 Å². The highest BCUT2D eigenvalue weighted by molar-refractivity contribution is 6.31. The van der Waals surface area contributed by atoms with E-state index in [0.29, 0.717) is 0 Å². The van der Waals surface area contributed by atoms with E-state index in [0.717, 1.165) is 42.0 Å². The molecule has 0 atom stereocenters. The Morgan fingerprint density at radius 1 is 1.24 bits per heavy atom. The highest BCUT2D eigenvalue weighted by Crippen LogP contribution is 2.22. The van der Waals surface area contributed by atoms with Gasteiger partial charge in [0.2, 0.25) is 0 Å². The zero-order chi connectivity index (χ0) is 12.3. The first-order chi connectivity index (χ1) is 8.20. The van der Waals surface area contributed by atoms with E-state index in [1.165, 1.54) is 10.9 Å². The molecule has 90 valence electrons. The van der Waals surface area contributed by atoms with Gasteiger partial charge in [0.15, 0.2) is 0 Å². The number of hydrogen-bond acceptors (Lipinski definition) is 2. The van der Waals surface area contributed by atoms with E-state index in [2.05, 4.69) is 18.0 Å². The SMILES string of the molecule is Cc1cc(CCCCN)nc2cc(Cl)ccc12. The highest BCUT2D eigenvalue weighted by Gasteiger charge is 2.03. The number of benzene rings is 1. The first-order valence-electron chi connectivity index (χ1n) is 5.96. The molecule has 1 heterocycles. The van der Waals surface area contributed by atoms with Crippen LogP contribution in [0.25, 0.3) is 10.9 Å². The molecule has 1 aromatic carbocycles. The lowest BCUT2D eigenvalue weighted by Crippen LogP contribution is -2.00. The second-order valence-corrected chi connectivity index (χ2v) is 4.77. The fourth-order valence-corrected chi connectivity index (χ4v) is 2.19. The molecule has 2 aromatic rings. The Bertz CT molecular complexity index is 523. The monoisotopic (exact) mass is 248 g/mol. The van der Waals surface area contributed by atoms with Crippen LogP contribution in [-0.2, 0) is 6.42 Å². The van der Waals surface area contributed by atoms with Gasteiger partial charge in [-0.1, -0.05) is 17.7 Å². The average molecular weight is 249 g/mol. The maximum atomic E-state index is 5.99. The van der Waals surface area contributed by atoms with Crippen molar-refractivity contribution in [3.05, 3.63) is 40.5 Å². The minimum atomic E-state index is 0.739. The Hall–Kier alpha value is -1.12. The molecule has 1 aromatic heterocycles. The Morgan fingerprint density at radius 2 is 2.06 bits per heavy atom. The molecule has 0 radical (unpaired) electrons. The van der Waals surface area contributed by atoms with Crippen molar-refractivity contribution in [2.45, 2.75) is 26.2 Å². The lowest BCUT2D eigenvalue weighted by atomic mass is 10.1. The fourth-order valence-electron chi connectivity index (χ4n) is 2.02. The van der Waals surface area contributed by atoms with Crippen molar-refractivity contribution in [2.24, 2.45) is 5.73 Å². The molecule has 0 aliphatic heterocycles. The Labute approximate surface area is 107 Å². The number of halogens is 1. The van der Waals surface area contributed by atoms with Gasteiger partial charge in [-0.3, -0.25) is 4.98 Å². The minimum absolute atomic E-state index is 0.739. The fraction of sp³-hybridized carbons (Fsp3) is 0.357. The van der Waals surface area contributed by atoms with Gasteiger partial charge >= 0.3 is 0 Å². The van der Waals surface area contributed by atoms with Gasteiger partial charge in [0.1, 0.15) is 0 Å². The van der Waals surface area contributed by atoms with Crippen LogP contribution in [0.3, 0.4) is 0 Å². The normalized spacial score (nSPS) is 11.0. The molecule has 2 rings (SSSR count). The van der Waals surface area contributed by atoms with Crippen molar-refractivity contribution in [3.8, 4) is 0 Å². The second kappa shape index (κ2) is 5.48. The molecule has 17 heavy (non-hydrogen) atoms. The topological polar surface area (TPSA) is 38.9 Å². The first kappa shape index (κ1) is 12.3. The highest BCUT2D eigenvalue weighted by atomic mass is 35.5. The molecule has 0 saturated heterocycles. The Kier molecular flexibility index (Phi) is 3.97. The van der Waals surface area contributed by atoms with E-state index in [1.807, 2.05) is 18.2 Å². The van der Waals surface area contributed by atoms with Crippen molar-refractivity contribution in [1.82, 2.24) is 4.98 Å². The third kappa shape index (κ3) is 2.96. The largest absolute Gasteiger partial charge is 0.330 e. The summed E-state index contributed by atoms with van der Waals surface area (Å²) in [6.07, 6.45) is 3.13. The van der Waals surface area contributed by atoms with Gasteiger partial charge in [-0.15, -0.1) is 0 Å². The molecule has 2 N–H and O–H groups in total. The molecule has 0 amide bonds. The summed E-state index contributed by atoms with van der Waals surface area (Å²) in [5.74, 6) is 0. The van der Waals surface area contributed by atoms with Crippen LogP contribution >= 0.6 is 11.6 Å². The van der Waals surface area contributed by atoms with E-state index in [1.54, 1.807) is 0 Å². The van der Waals surface area contributed by atoms with Crippen LogP contribution in [0.15, 0.2) is 24.3 Å². The lowest BCUT2D eigenvalue weighted by molar-refractivity contribution is 0.734. The smallest absolute Gasteiger partial charge is 0.0722 e. The molecule has 3 heteroatoms. The van der Waals surface area contributed by atoms with Crippen molar-refractivity contribution in [3.63, 3.8) is 0 Å². The number of nitrogens with two attached hydrogens (primary N) is 1.